The van der Waals surface area contributed by atoms with E-state index in [1.165, 1.54) is 30.1 Å². The maximum Gasteiger partial charge on any atom is 0.269 e. The molecule has 148 valence electrons. The number of hydroxylamine groups is 1. The Bertz CT molecular complexity index is 872. The minimum atomic E-state index is -3.11. The lowest BCUT2D eigenvalue weighted by molar-refractivity contribution is -0.157. The largest absolute Gasteiger partial charge is 0.471 e. The normalized spacial score (nSPS) is 13.8. The van der Waals surface area contributed by atoms with Crippen molar-refractivity contribution in [2.24, 2.45) is 0 Å². The van der Waals surface area contributed by atoms with Gasteiger partial charge in [-0.2, -0.15) is 0 Å². The van der Waals surface area contributed by atoms with Gasteiger partial charge in [0.1, 0.15) is 12.3 Å². The van der Waals surface area contributed by atoms with E-state index in [2.05, 4.69) is 17.2 Å². The molecule has 0 spiro atoms. The van der Waals surface area contributed by atoms with Crippen molar-refractivity contribution in [3.8, 4) is 11.8 Å². The van der Waals surface area contributed by atoms with Gasteiger partial charge in [0, 0.05) is 18.2 Å². The van der Waals surface area contributed by atoms with Gasteiger partial charge in [-0.25, -0.2) is 14.3 Å². The molecule has 1 heterocycles. The van der Waals surface area contributed by atoms with Crippen LogP contribution in [-0.2, 0) is 9.53 Å². The topological polar surface area (TPSA) is 101 Å². The second kappa shape index (κ2) is 9.12. The molecule has 0 aliphatic heterocycles. The van der Waals surface area contributed by atoms with Crippen molar-refractivity contribution >= 4 is 11.8 Å². The summed E-state index contributed by atoms with van der Waals surface area (Å²) in [5, 5.41) is 11.0. The number of rotatable bonds is 6. The average molecular weight is 392 g/mol. The first kappa shape index (κ1) is 21.1. The summed E-state index contributed by atoms with van der Waals surface area (Å²) in [6.45, 7) is 0.951. The van der Waals surface area contributed by atoms with Gasteiger partial charge in [-0.05, 0) is 37.3 Å². The van der Waals surface area contributed by atoms with Crippen molar-refractivity contribution < 1.29 is 32.7 Å². The first-order valence-corrected chi connectivity index (χ1v) is 8.04. The van der Waals surface area contributed by atoms with Crippen LogP contribution in [0.5, 0.6) is 0 Å². The van der Waals surface area contributed by atoms with E-state index in [9.17, 15) is 18.4 Å². The molecule has 0 bridgehead atoms. The van der Waals surface area contributed by atoms with Crippen LogP contribution in [0.3, 0.4) is 0 Å². The molecule has 0 fully saturated rings. The van der Waals surface area contributed by atoms with Gasteiger partial charge in [-0.15, -0.1) is 0 Å². The summed E-state index contributed by atoms with van der Waals surface area (Å²) >= 11 is 0. The first-order chi connectivity index (χ1) is 13.3. The van der Waals surface area contributed by atoms with Crippen molar-refractivity contribution in [2.45, 2.75) is 25.0 Å². The van der Waals surface area contributed by atoms with E-state index in [1.54, 1.807) is 18.2 Å². The summed E-state index contributed by atoms with van der Waals surface area (Å²) in [7, 11) is 0.976. The lowest BCUT2D eigenvalue weighted by Crippen LogP contribution is -2.62. The van der Waals surface area contributed by atoms with Crippen LogP contribution in [0.15, 0.2) is 47.3 Å². The zero-order chi connectivity index (χ0) is 20.7. The molecule has 1 aromatic carbocycles. The van der Waals surface area contributed by atoms with Crippen LogP contribution in [0.2, 0.25) is 0 Å². The number of hydrogen-bond acceptors (Lipinski definition) is 5. The number of amides is 2. The van der Waals surface area contributed by atoms with E-state index in [-0.39, 0.29) is 5.56 Å². The van der Waals surface area contributed by atoms with Gasteiger partial charge in [-0.1, -0.05) is 11.8 Å². The van der Waals surface area contributed by atoms with E-state index < -0.39 is 29.9 Å². The fourth-order valence-corrected chi connectivity index (χ4v) is 2.27. The highest BCUT2D eigenvalue weighted by Gasteiger charge is 2.48. The predicted octanol–water partition coefficient (Wildman–Crippen LogP) is 1.95. The Balaban J connectivity index is 2.18. The van der Waals surface area contributed by atoms with Crippen molar-refractivity contribution in [3.63, 3.8) is 0 Å². The van der Waals surface area contributed by atoms with Gasteiger partial charge in [0.15, 0.2) is 5.60 Å². The second-order valence-electron chi connectivity index (χ2n) is 5.91. The van der Waals surface area contributed by atoms with Gasteiger partial charge >= 0.3 is 0 Å². The molecule has 9 heteroatoms. The van der Waals surface area contributed by atoms with Crippen LogP contribution in [0.25, 0.3) is 0 Å². The smallest absolute Gasteiger partial charge is 0.269 e. The number of alkyl halides is 2. The fourth-order valence-electron chi connectivity index (χ4n) is 2.27. The molecule has 3 N–H and O–H groups in total. The number of hydrogen-bond donors (Lipinski definition) is 3. The monoisotopic (exact) mass is 392 g/mol. The van der Waals surface area contributed by atoms with Crippen molar-refractivity contribution in [1.82, 2.24) is 10.8 Å². The Kier molecular flexibility index (Phi) is 6.87. The van der Waals surface area contributed by atoms with Crippen LogP contribution in [0.1, 0.15) is 28.4 Å². The Morgan fingerprint density at radius 2 is 1.82 bits per heavy atom. The van der Waals surface area contributed by atoms with Gasteiger partial charge in [0.05, 0.1) is 11.8 Å². The highest BCUT2D eigenvalue weighted by molar-refractivity contribution is 5.97. The molecule has 2 aromatic rings. The van der Waals surface area contributed by atoms with Crippen LogP contribution in [0, 0.1) is 11.8 Å². The zero-order valence-corrected chi connectivity index (χ0v) is 15.0. The number of methoxy groups -OCH3 is 1. The van der Waals surface area contributed by atoms with Crippen molar-refractivity contribution in [1.29, 1.82) is 0 Å². The number of furan rings is 1. The highest BCUT2D eigenvalue weighted by Crippen LogP contribution is 2.24. The number of benzene rings is 1. The predicted molar refractivity (Wildman–Crippen MR) is 93.7 cm³/mol. The molecule has 1 unspecified atom stereocenters. The van der Waals surface area contributed by atoms with Crippen LogP contribution < -0.4 is 10.8 Å². The molecule has 2 atom stereocenters. The van der Waals surface area contributed by atoms with E-state index in [1.807, 2.05) is 0 Å². The van der Waals surface area contributed by atoms with Crippen LogP contribution in [0.4, 0.5) is 8.78 Å². The molecule has 0 saturated heterocycles. The summed E-state index contributed by atoms with van der Waals surface area (Å²) in [6.07, 6.45) is -0.138. The van der Waals surface area contributed by atoms with Crippen LogP contribution >= 0.6 is 0 Å². The third-order valence-corrected chi connectivity index (χ3v) is 4.11. The lowest BCUT2D eigenvalue weighted by Gasteiger charge is -2.34. The molecule has 2 rings (SSSR count). The third-order valence-electron chi connectivity index (χ3n) is 4.11. The highest BCUT2D eigenvalue weighted by atomic mass is 19.3. The molecule has 28 heavy (non-hydrogen) atoms. The molecule has 0 saturated carbocycles. The minimum absolute atomic E-state index is 0.109. The van der Waals surface area contributed by atoms with E-state index in [4.69, 9.17) is 14.4 Å². The SMILES string of the molecule is COC(C)(C(F)F)[C@H](NC(=O)c1ccc(C#Cc2ccoc2)cc1)C(=O)NO. The van der Waals surface area contributed by atoms with Gasteiger partial charge in [0.2, 0.25) is 0 Å². The molecule has 0 aliphatic rings. The maximum atomic E-state index is 13.4. The molecule has 1 aromatic heterocycles. The molecular weight excluding hydrogens is 374 g/mol. The summed E-state index contributed by atoms with van der Waals surface area (Å²) in [5.74, 6) is 3.70. The van der Waals surface area contributed by atoms with E-state index in [0.29, 0.717) is 11.1 Å². The number of nitrogens with one attached hydrogen (secondary N) is 2. The van der Waals surface area contributed by atoms with Gasteiger partial charge in [-0.3, -0.25) is 14.8 Å². The summed E-state index contributed by atoms with van der Waals surface area (Å²) < 4.78 is 36.4. The van der Waals surface area contributed by atoms with Gasteiger partial charge < -0.3 is 14.5 Å². The first-order valence-electron chi connectivity index (χ1n) is 8.04. The summed E-state index contributed by atoms with van der Waals surface area (Å²) in [4.78, 5) is 24.2. The quantitative estimate of drug-likeness (QED) is 0.396. The second-order valence-corrected chi connectivity index (χ2v) is 5.91. The molecule has 7 nitrogen and oxygen atoms in total. The fraction of sp³-hybridized carbons (Fsp3) is 0.263. The Labute approximate surface area is 159 Å². The van der Waals surface area contributed by atoms with E-state index in [0.717, 1.165) is 14.0 Å². The lowest BCUT2D eigenvalue weighted by atomic mass is 9.95. The number of halogens is 2. The number of ether oxygens (including phenoxy) is 1. The Morgan fingerprint density at radius 3 is 2.32 bits per heavy atom. The van der Waals surface area contributed by atoms with E-state index >= 15 is 0 Å². The van der Waals surface area contributed by atoms with Crippen molar-refractivity contribution in [2.75, 3.05) is 7.11 Å². The maximum absolute atomic E-state index is 13.4. The molecule has 0 radical (unpaired) electrons. The summed E-state index contributed by atoms with van der Waals surface area (Å²) in [6, 6.07) is 5.83. The molecule has 0 aliphatic carbocycles. The third kappa shape index (κ3) is 4.73. The van der Waals surface area contributed by atoms with Gasteiger partial charge in [0.25, 0.3) is 18.2 Å². The Hall–Kier alpha value is -3.22. The van der Waals surface area contributed by atoms with Crippen molar-refractivity contribution in [3.05, 3.63) is 59.5 Å². The minimum Gasteiger partial charge on any atom is -0.471 e. The van der Waals surface area contributed by atoms with Crippen LogP contribution in [-0.4, -0.2) is 42.2 Å². The standard InChI is InChI=1S/C19H18F2N2O5/c1-19(27-2,18(20)21)15(17(25)23-26)22-16(24)14-7-5-12(6-8-14)3-4-13-9-10-28-11-13/h5-11,15,18,26H,1-2H3,(H,22,24)(H,23,25)/t15-,19?/m1/s1. The Morgan fingerprint density at radius 1 is 1.18 bits per heavy atom. The zero-order valence-electron chi connectivity index (χ0n) is 15.0. The molecule has 2 amide bonds. The number of carbonyl (C=O) groups excluding carboxylic acids is 2. The number of carbonyl (C=O) groups is 2. The molecular formula is C19H18F2N2O5. The average Bonchev–Trinajstić information content (AvgIpc) is 3.23. The summed E-state index contributed by atoms with van der Waals surface area (Å²) in [5.41, 5.74) is 0.317.